The summed E-state index contributed by atoms with van der Waals surface area (Å²) in [7, 11) is 0. The first-order chi connectivity index (χ1) is 16.0. The molecule has 1 amide bonds. The van der Waals surface area contributed by atoms with Crippen molar-refractivity contribution in [1.82, 2.24) is 14.8 Å². The molecule has 33 heavy (non-hydrogen) atoms. The molecule has 0 aliphatic rings. The number of amides is 1. The molecule has 0 aliphatic carbocycles. The van der Waals surface area contributed by atoms with Crippen LogP contribution in [-0.4, -0.2) is 20.7 Å². The van der Waals surface area contributed by atoms with Crippen LogP contribution in [0.15, 0.2) is 72.9 Å². The van der Waals surface area contributed by atoms with E-state index in [4.69, 9.17) is 5.10 Å². The summed E-state index contributed by atoms with van der Waals surface area (Å²) in [5.41, 5.74) is 7.98. The average Bonchev–Trinajstić information content (AvgIpc) is 3.17. The smallest absolute Gasteiger partial charge is 0.246 e. The van der Waals surface area contributed by atoms with E-state index < -0.39 is 0 Å². The van der Waals surface area contributed by atoms with Crippen molar-refractivity contribution in [2.75, 3.05) is 5.32 Å². The van der Waals surface area contributed by atoms with Crippen molar-refractivity contribution >= 4 is 33.4 Å². The van der Waals surface area contributed by atoms with E-state index in [1.165, 1.54) is 5.56 Å². The number of nitrogens with one attached hydrogen (secondary N) is 1. The molecule has 2 heterocycles. The van der Waals surface area contributed by atoms with Crippen LogP contribution in [0.3, 0.4) is 0 Å². The van der Waals surface area contributed by atoms with Crippen LogP contribution in [0.4, 0.5) is 5.69 Å². The Hall–Kier alpha value is -3.99. The fraction of sp³-hybridized carbons (Fsp3) is 0.179. The normalized spacial score (nSPS) is 11.2. The third-order valence-corrected chi connectivity index (χ3v) is 5.96. The zero-order valence-corrected chi connectivity index (χ0v) is 19.1. The second-order valence-corrected chi connectivity index (χ2v) is 8.52. The number of hydrogen-bond donors (Lipinski definition) is 1. The van der Waals surface area contributed by atoms with E-state index in [0.29, 0.717) is 0 Å². The Labute approximate surface area is 193 Å². The first kappa shape index (κ1) is 20.9. The van der Waals surface area contributed by atoms with E-state index in [9.17, 15) is 4.79 Å². The van der Waals surface area contributed by atoms with Crippen LogP contribution in [0.1, 0.15) is 23.6 Å². The van der Waals surface area contributed by atoms with Crippen LogP contribution in [0, 0.1) is 13.8 Å². The van der Waals surface area contributed by atoms with Gasteiger partial charge in [0.2, 0.25) is 5.91 Å². The van der Waals surface area contributed by atoms with Gasteiger partial charge in [-0.05, 0) is 55.7 Å². The van der Waals surface area contributed by atoms with Crippen LogP contribution in [0.5, 0.6) is 0 Å². The van der Waals surface area contributed by atoms with Crippen molar-refractivity contribution in [3.63, 3.8) is 0 Å². The van der Waals surface area contributed by atoms with Crippen molar-refractivity contribution in [3.05, 3.63) is 89.6 Å². The van der Waals surface area contributed by atoms with Gasteiger partial charge in [0.05, 0.1) is 11.0 Å². The summed E-state index contributed by atoms with van der Waals surface area (Å²) < 4.78 is 1.81. The van der Waals surface area contributed by atoms with E-state index in [2.05, 4.69) is 60.5 Å². The quantitative estimate of drug-likeness (QED) is 0.365. The molecule has 0 spiro atoms. The molecule has 0 fully saturated rings. The van der Waals surface area contributed by atoms with Crippen molar-refractivity contribution in [2.24, 2.45) is 0 Å². The predicted octanol–water partition coefficient (Wildman–Crippen LogP) is 6.07. The van der Waals surface area contributed by atoms with Gasteiger partial charge >= 0.3 is 0 Å². The number of aromatic nitrogens is 3. The number of nitrogens with zero attached hydrogens (tertiary/aromatic N) is 3. The second-order valence-electron chi connectivity index (χ2n) is 8.52. The fourth-order valence-electron chi connectivity index (χ4n) is 4.25. The number of hydrogen-bond acceptors (Lipinski definition) is 3. The van der Waals surface area contributed by atoms with Gasteiger partial charge in [0.25, 0.3) is 0 Å². The second kappa shape index (κ2) is 8.51. The fourth-order valence-corrected chi connectivity index (χ4v) is 4.25. The Morgan fingerprint density at radius 1 is 0.939 bits per heavy atom. The third kappa shape index (κ3) is 4.10. The van der Waals surface area contributed by atoms with Crippen LogP contribution in [0.2, 0.25) is 0 Å². The van der Waals surface area contributed by atoms with Gasteiger partial charge in [-0.1, -0.05) is 55.0 Å². The number of carbonyl (C=O) groups is 1. The zero-order valence-electron chi connectivity index (χ0n) is 19.1. The molecular weight excluding hydrogens is 408 g/mol. The number of benzene rings is 3. The lowest BCUT2D eigenvalue weighted by molar-refractivity contribution is -0.116. The Bertz CT molecular complexity index is 1480. The number of carbonyl (C=O) groups excluding carboxylic acids is 1. The van der Waals surface area contributed by atoms with Crippen molar-refractivity contribution in [3.8, 4) is 11.3 Å². The molecule has 5 rings (SSSR count). The minimum absolute atomic E-state index is 0.115. The molecule has 1 N–H and O–H groups in total. The highest BCUT2D eigenvalue weighted by Gasteiger charge is 2.18. The Morgan fingerprint density at radius 3 is 2.48 bits per heavy atom. The maximum absolute atomic E-state index is 13.0. The van der Waals surface area contributed by atoms with Gasteiger partial charge in [0.15, 0.2) is 0 Å². The molecule has 5 nitrogen and oxygen atoms in total. The van der Waals surface area contributed by atoms with Gasteiger partial charge in [-0.2, -0.15) is 5.10 Å². The monoisotopic (exact) mass is 434 g/mol. The topological polar surface area (TPSA) is 59.8 Å². The molecule has 0 atom stereocenters. The van der Waals surface area contributed by atoms with Gasteiger partial charge in [0.1, 0.15) is 12.2 Å². The summed E-state index contributed by atoms with van der Waals surface area (Å²) in [6.45, 7) is 6.33. The summed E-state index contributed by atoms with van der Waals surface area (Å²) in [4.78, 5) is 17.7. The molecule has 0 radical (unpaired) electrons. The highest BCUT2D eigenvalue weighted by molar-refractivity contribution is 6.08. The van der Waals surface area contributed by atoms with Crippen molar-refractivity contribution in [1.29, 1.82) is 0 Å². The van der Waals surface area contributed by atoms with Crippen LogP contribution in [-0.2, 0) is 17.8 Å². The Kier molecular flexibility index (Phi) is 5.38. The largest absolute Gasteiger partial charge is 0.324 e. The lowest BCUT2D eigenvalue weighted by Gasteiger charge is -2.08. The van der Waals surface area contributed by atoms with E-state index in [-0.39, 0.29) is 12.5 Å². The number of fused-ring (bicyclic) bond motifs is 3. The number of pyridine rings is 1. The van der Waals surface area contributed by atoms with Gasteiger partial charge in [-0.3, -0.25) is 14.5 Å². The van der Waals surface area contributed by atoms with Crippen molar-refractivity contribution in [2.45, 2.75) is 33.7 Å². The molecule has 0 saturated carbocycles. The van der Waals surface area contributed by atoms with Crippen molar-refractivity contribution < 1.29 is 4.79 Å². The van der Waals surface area contributed by atoms with E-state index >= 15 is 0 Å². The van der Waals surface area contributed by atoms with Gasteiger partial charge in [-0.15, -0.1) is 0 Å². The van der Waals surface area contributed by atoms with E-state index in [1.54, 1.807) is 0 Å². The standard InChI is InChI=1S/C28H26N4O/c1-4-20-9-11-21(12-10-20)27-24-16-29-25-13-8-19(3)15-23(25)28(24)32(31-27)17-26(33)30-22-7-5-6-18(2)14-22/h5-16H,4,17H2,1-3H3,(H,30,33). The van der Waals surface area contributed by atoms with Gasteiger partial charge < -0.3 is 5.32 Å². The summed E-state index contributed by atoms with van der Waals surface area (Å²) >= 11 is 0. The molecule has 3 aromatic carbocycles. The van der Waals surface area contributed by atoms with Gasteiger partial charge in [0, 0.05) is 28.2 Å². The lowest BCUT2D eigenvalue weighted by atomic mass is 10.0. The SMILES string of the molecule is CCc1ccc(-c2nn(CC(=O)Nc3cccc(C)c3)c3c2cnc2ccc(C)cc23)cc1. The Balaban J connectivity index is 1.62. The first-order valence-electron chi connectivity index (χ1n) is 11.2. The molecule has 0 aliphatic heterocycles. The first-order valence-corrected chi connectivity index (χ1v) is 11.2. The molecule has 164 valence electrons. The predicted molar refractivity (Wildman–Crippen MR) is 134 cm³/mol. The average molecular weight is 435 g/mol. The summed E-state index contributed by atoms with van der Waals surface area (Å²) in [6.07, 6.45) is 2.86. The number of aryl methyl sites for hydroxylation is 3. The molecule has 0 unspecified atom stereocenters. The minimum atomic E-state index is -0.115. The summed E-state index contributed by atoms with van der Waals surface area (Å²) in [6, 6.07) is 22.4. The third-order valence-electron chi connectivity index (χ3n) is 5.96. The molecule has 2 aromatic heterocycles. The molecule has 0 saturated heterocycles. The van der Waals surface area contributed by atoms with Crippen LogP contribution >= 0.6 is 0 Å². The maximum Gasteiger partial charge on any atom is 0.246 e. The molecule has 5 heteroatoms. The highest BCUT2D eigenvalue weighted by Crippen LogP contribution is 2.32. The Morgan fingerprint density at radius 2 is 1.73 bits per heavy atom. The molecule has 0 bridgehead atoms. The molecular formula is C28H26N4O. The van der Waals surface area contributed by atoms with Crippen LogP contribution in [0.25, 0.3) is 33.1 Å². The van der Waals surface area contributed by atoms with E-state index in [0.717, 1.165) is 56.3 Å². The molecule has 5 aromatic rings. The highest BCUT2D eigenvalue weighted by atomic mass is 16.2. The lowest BCUT2D eigenvalue weighted by Crippen LogP contribution is -2.19. The minimum Gasteiger partial charge on any atom is -0.324 e. The summed E-state index contributed by atoms with van der Waals surface area (Å²) in [5, 5.41) is 9.86. The number of anilines is 1. The number of rotatable bonds is 5. The van der Waals surface area contributed by atoms with Crippen LogP contribution < -0.4 is 5.32 Å². The zero-order chi connectivity index (χ0) is 22.9. The van der Waals surface area contributed by atoms with Gasteiger partial charge in [-0.25, -0.2) is 0 Å². The summed E-state index contributed by atoms with van der Waals surface area (Å²) in [5.74, 6) is -0.115. The van der Waals surface area contributed by atoms with E-state index in [1.807, 2.05) is 48.1 Å². The maximum atomic E-state index is 13.0.